The highest BCUT2D eigenvalue weighted by Crippen LogP contribution is 2.76. The molecule has 4 aliphatic carbocycles. The van der Waals surface area contributed by atoms with Crippen LogP contribution in [0.15, 0.2) is 60.7 Å². The van der Waals surface area contributed by atoms with Gasteiger partial charge in [0.2, 0.25) is 0 Å². The number of hydrogen-bond donors (Lipinski definition) is 0. The molecular weight excluding hydrogens is 737 g/mol. The molecule has 2 aromatic rings. The van der Waals surface area contributed by atoms with Gasteiger partial charge < -0.3 is 23.1 Å². The first-order valence-electron chi connectivity index (χ1n) is 23.1. The smallest absolute Gasteiger partial charge is 0.191 e. The summed E-state index contributed by atoms with van der Waals surface area (Å²) in [7, 11) is -3.64. The molecule has 0 bridgehead atoms. The van der Waals surface area contributed by atoms with E-state index in [9.17, 15) is 0 Å². The minimum Gasteiger partial charge on any atom is -0.417 e. The highest BCUT2D eigenvalue weighted by Gasteiger charge is 2.82. The molecule has 7 rings (SSSR count). The van der Waals surface area contributed by atoms with E-state index in [2.05, 4.69) is 142 Å². The third-order valence-electron chi connectivity index (χ3n) is 16.6. The van der Waals surface area contributed by atoms with Gasteiger partial charge in [-0.15, -0.1) is 0 Å². The Kier molecular flexibility index (Phi) is 12.7. The van der Waals surface area contributed by atoms with Gasteiger partial charge in [0, 0.05) is 12.5 Å². The maximum Gasteiger partial charge on any atom is 0.191 e. The van der Waals surface area contributed by atoms with Gasteiger partial charge >= 0.3 is 0 Å². The van der Waals surface area contributed by atoms with Crippen LogP contribution in [0.1, 0.15) is 117 Å². The Hall–Kier alpha value is -1.33. The standard InChI is InChI=1S/C50H80O5Si2/c1-35(32-53-57(11,12)47(3,4)5)20-19-21-36(2)45-49(7)29-27-41-40(44(49)46-50(45,54-46)55-56(8,9)10)31-43(52-34-38-24-17-14-18-25-38)42-30-39(26-28-48(41,42)6)51-33-37-22-15-13-16-23-37/h13-18,22-25,35-36,39-46H,19-21,26-34H2,1-12H3/t35-,36-,39+,40-,41+,42-,43-,44-,45-,46-,48-,49+,50-/m1/s1. The second-order valence-electron chi connectivity index (χ2n) is 22.8. The monoisotopic (exact) mass is 817 g/mol. The Morgan fingerprint density at radius 1 is 0.772 bits per heavy atom. The molecule has 1 heterocycles. The molecule has 5 aliphatic rings. The summed E-state index contributed by atoms with van der Waals surface area (Å²) in [6.07, 6.45) is 11.5. The van der Waals surface area contributed by atoms with Crippen LogP contribution in [0, 0.1) is 52.3 Å². The molecule has 1 saturated heterocycles. The van der Waals surface area contributed by atoms with E-state index in [0.29, 0.717) is 54.6 Å². The molecule has 2 aromatic carbocycles. The Bertz CT molecular complexity index is 1620. The third kappa shape index (κ3) is 8.88. The molecule has 13 atom stereocenters. The number of fused-ring (bicyclic) bond motifs is 7. The minimum atomic E-state index is -1.90. The van der Waals surface area contributed by atoms with Crippen LogP contribution in [-0.4, -0.2) is 47.3 Å². The first-order chi connectivity index (χ1) is 26.8. The van der Waals surface area contributed by atoms with E-state index >= 15 is 0 Å². The Morgan fingerprint density at radius 2 is 1.39 bits per heavy atom. The first kappa shape index (κ1) is 43.8. The van der Waals surface area contributed by atoms with Crippen molar-refractivity contribution in [2.24, 2.45) is 52.3 Å². The second kappa shape index (κ2) is 16.5. The number of epoxide rings is 1. The maximum absolute atomic E-state index is 7.36. The Morgan fingerprint density at radius 3 is 2.00 bits per heavy atom. The van der Waals surface area contributed by atoms with Crippen molar-refractivity contribution < 1.29 is 23.1 Å². The highest BCUT2D eigenvalue weighted by atomic mass is 28.4. The summed E-state index contributed by atoms with van der Waals surface area (Å²) in [4.78, 5) is 0. The molecule has 0 N–H and O–H groups in total. The fourth-order valence-corrected chi connectivity index (χ4v) is 15.2. The van der Waals surface area contributed by atoms with Crippen molar-refractivity contribution in [2.45, 2.75) is 181 Å². The molecule has 5 nitrogen and oxygen atoms in total. The molecule has 0 radical (unpaired) electrons. The van der Waals surface area contributed by atoms with Crippen molar-refractivity contribution in [2.75, 3.05) is 6.61 Å². The third-order valence-corrected chi connectivity index (χ3v) is 22.0. The zero-order valence-electron chi connectivity index (χ0n) is 38.1. The SMILES string of the molecule is C[C@H](CCC[C@@H](C)[C@@H]1[C@@]2(C)CC[C@H]3[C@@H](C[C@@H](OCc4ccccc4)[C@H]4C[C@@H](OCc5ccccc5)CC[C@@]43C)[C@@H]2[C@H]2O[C@]21O[Si](C)(C)C)CO[Si](C)(C)C(C)(C)C. The molecule has 0 spiro atoms. The highest BCUT2D eigenvalue weighted by molar-refractivity contribution is 6.74. The molecule has 7 heteroatoms. The fourth-order valence-electron chi connectivity index (χ4n) is 12.8. The predicted octanol–water partition coefficient (Wildman–Crippen LogP) is 13.1. The summed E-state index contributed by atoms with van der Waals surface area (Å²) in [5.41, 5.74) is 2.96. The maximum atomic E-state index is 7.36. The van der Waals surface area contributed by atoms with Gasteiger partial charge in [-0.2, -0.15) is 0 Å². The summed E-state index contributed by atoms with van der Waals surface area (Å²) in [6, 6.07) is 21.6. The van der Waals surface area contributed by atoms with Crippen LogP contribution in [0.2, 0.25) is 37.8 Å². The lowest BCUT2D eigenvalue weighted by Crippen LogP contribution is -2.60. The lowest BCUT2D eigenvalue weighted by Gasteiger charge is -2.63. The van der Waals surface area contributed by atoms with E-state index < -0.39 is 22.4 Å². The zero-order chi connectivity index (χ0) is 41.0. The van der Waals surface area contributed by atoms with E-state index in [1.54, 1.807) is 0 Å². The van der Waals surface area contributed by atoms with Crippen LogP contribution in [0.5, 0.6) is 0 Å². The normalized spacial score (nSPS) is 37.4. The van der Waals surface area contributed by atoms with Crippen LogP contribution >= 0.6 is 0 Å². The van der Waals surface area contributed by atoms with E-state index in [1.807, 2.05) is 0 Å². The van der Waals surface area contributed by atoms with Crippen LogP contribution in [0.3, 0.4) is 0 Å². The van der Waals surface area contributed by atoms with Gasteiger partial charge in [-0.25, -0.2) is 0 Å². The van der Waals surface area contributed by atoms with Gasteiger partial charge in [0.05, 0.1) is 25.4 Å². The zero-order valence-corrected chi connectivity index (χ0v) is 40.1. The van der Waals surface area contributed by atoms with E-state index in [0.717, 1.165) is 25.9 Å². The summed E-state index contributed by atoms with van der Waals surface area (Å²) in [6.45, 7) is 31.5. The fraction of sp³-hybridized carbons (Fsp3) is 0.760. The molecule has 0 amide bonds. The summed E-state index contributed by atoms with van der Waals surface area (Å²) in [5, 5.41) is 0.251. The number of ether oxygens (including phenoxy) is 3. The van der Waals surface area contributed by atoms with Crippen LogP contribution in [0.25, 0.3) is 0 Å². The topological polar surface area (TPSA) is 49.5 Å². The van der Waals surface area contributed by atoms with Crippen molar-refractivity contribution in [3.05, 3.63) is 71.8 Å². The second-order valence-corrected chi connectivity index (χ2v) is 32.0. The largest absolute Gasteiger partial charge is 0.417 e. The number of rotatable bonds is 16. The lowest BCUT2D eigenvalue weighted by atomic mass is 9.43. The average Bonchev–Trinajstić information content (AvgIpc) is 3.77. The number of benzene rings is 2. The van der Waals surface area contributed by atoms with Gasteiger partial charge in [0.25, 0.3) is 0 Å². The van der Waals surface area contributed by atoms with Crippen molar-refractivity contribution >= 4 is 16.6 Å². The van der Waals surface area contributed by atoms with Gasteiger partial charge in [-0.1, -0.05) is 122 Å². The molecule has 4 saturated carbocycles. The molecular formula is C50H80O5Si2. The quantitative estimate of drug-likeness (QED) is 0.125. The van der Waals surface area contributed by atoms with Crippen molar-refractivity contribution in [3.8, 4) is 0 Å². The molecule has 57 heavy (non-hydrogen) atoms. The van der Waals surface area contributed by atoms with Gasteiger partial charge in [-0.05, 0) is 140 Å². The minimum absolute atomic E-state index is 0.198. The number of hydrogen-bond acceptors (Lipinski definition) is 5. The predicted molar refractivity (Wildman–Crippen MR) is 239 cm³/mol. The Balaban J connectivity index is 1.10. The van der Waals surface area contributed by atoms with Crippen LogP contribution in [-0.2, 0) is 36.3 Å². The van der Waals surface area contributed by atoms with Gasteiger partial charge in [-0.3, -0.25) is 0 Å². The summed E-state index contributed by atoms with van der Waals surface area (Å²) < 4.78 is 35.0. The summed E-state index contributed by atoms with van der Waals surface area (Å²) in [5.74, 6) is 3.37. The van der Waals surface area contributed by atoms with E-state index in [1.165, 1.54) is 49.7 Å². The van der Waals surface area contributed by atoms with Crippen LogP contribution in [0.4, 0.5) is 0 Å². The molecule has 5 fully saturated rings. The van der Waals surface area contributed by atoms with Crippen molar-refractivity contribution in [3.63, 3.8) is 0 Å². The Labute approximate surface area is 350 Å². The van der Waals surface area contributed by atoms with E-state index in [-0.39, 0.29) is 34.2 Å². The van der Waals surface area contributed by atoms with Crippen LogP contribution < -0.4 is 0 Å². The lowest BCUT2D eigenvalue weighted by molar-refractivity contribution is -0.207. The first-order valence-corrected chi connectivity index (χ1v) is 29.4. The van der Waals surface area contributed by atoms with Crippen molar-refractivity contribution in [1.82, 2.24) is 0 Å². The van der Waals surface area contributed by atoms with Gasteiger partial charge in [0.1, 0.15) is 6.10 Å². The van der Waals surface area contributed by atoms with E-state index in [4.69, 9.17) is 23.1 Å². The molecule has 0 aromatic heterocycles. The molecule has 0 unspecified atom stereocenters. The molecule has 1 aliphatic heterocycles. The summed E-state index contributed by atoms with van der Waals surface area (Å²) >= 11 is 0. The average molecular weight is 817 g/mol. The van der Waals surface area contributed by atoms with Crippen molar-refractivity contribution in [1.29, 1.82) is 0 Å². The molecule has 318 valence electrons. The van der Waals surface area contributed by atoms with Gasteiger partial charge in [0.15, 0.2) is 22.4 Å².